The molecule has 6 nitrogen and oxygen atoms in total. The van der Waals surface area contributed by atoms with Gasteiger partial charge >= 0.3 is 5.97 Å². The summed E-state index contributed by atoms with van der Waals surface area (Å²) in [6.45, 7) is 2.49. The molecule has 0 spiro atoms. The molecule has 1 heterocycles. The Balaban J connectivity index is 1.61. The van der Waals surface area contributed by atoms with Gasteiger partial charge in [-0.1, -0.05) is 11.6 Å². The van der Waals surface area contributed by atoms with Gasteiger partial charge in [0.15, 0.2) is 6.61 Å². The van der Waals surface area contributed by atoms with Gasteiger partial charge in [0.05, 0.1) is 11.5 Å². The van der Waals surface area contributed by atoms with Gasteiger partial charge in [0.1, 0.15) is 0 Å². The molecule has 142 valence electrons. The summed E-state index contributed by atoms with van der Waals surface area (Å²) >= 11 is 6.92. The number of piperidine rings is 1. The van der Waals surface area contributed by atoms with Crippen LogP contribution >= 0.6 is 23.4 Å². The standard InChI is InChI=1S/C18H23ClN2O4S/c1-13-4-2-3-9-21(13)17(23)10-25-18(24)12-26-11-16(22)20-15-7-5-14(19)6-8-15/h5-8,13H,2-4,9-12H2,1H3,(H,20,22)/t13-/m0/s1. The first-order chi connectivity index (χ1) is 12.5. The molecule has 8 heteroatoms. The van der Waals surface area contributed by atoms with Gasteiger partial charge in [-0.25, -0.2) is 0 Å². The molecule has 0 bridgehead atoms. The lowest BCUT2D eigenvalue weighted by Gasteiger charge is -2.33. The topological polar surface area (TPSA) is 75.7 Å². The SMILES string of the molecule is C[C@H]1CCCCN1C(=O)COC(=O)CSCC(=O)Nc1ccc(Cl)cc1. The highest BCUT2D eigenvalue weighted by Gasteiger charge is 2.23. The van der Waals surface area contributed by atoms with Gasteiger partial charge in [0.25, 0.3) is 5.91 Å². The van der Waals surface area contributed by atoms with E-state index in [1.807, 2.05) is 6.92 Å². The second-order valence-corrected chi connectivity index (χ2v) is 7.56. The van der Waals surface area contributed by atoms with Crippen molar-refractivity contribution in [1.82, 2.24) is 4.90 Å². The van der Waals surface area contributed by atoms with Crippen molar-refractivity contribution in [2.75, 3.05) is 30.0 Å². The summed E-state index contributed by atoms with van der Waals surface area (Å²) in [5.41, 5.74) is 0.642. The molecule has 0 radical (unpaired) electrons. The predicted molar refractivity (Wildman–Crippen MR) is 103 cm³/mol. The number of likely N-dealkylation sites (tertiary alicyclic amines) is 1. The van der Waals surface area contributed by atoms with Crippen molar-refractivity contribution in [3.63, 3.8) is 0 Å². The van der Waals surface area contributed by atoms with Crippen molar-refractivity contribution in [3.8, 4) is 0 Å². The fourth-order valence-corrected chi connectivity index (χ4v) is 3.43. The molecule has 0 saturated carbocycles. The number of benzene rings is 1. The highest BCUT2D eigenvalue weighted by molar-refractivity contribution is 8.00. The molecule has 1 saturated heterocycles. The van der Waals surface area contributed by atoms with Gasteiger partial charge in [0.2, 0.25) is 5.91 Å². The van der Waals surface area contributed by atoms with Crippen LogP contribution in [0.1, 0.15) is 26.2 Å². The van der Waals surface area contributed by atoms with Gasteiger partial charge in [-0.2, -0.15) is 0 Å². The molecule has 26 heavy (non-hydrogen) atoms. The number of esters is 1. The van der Waals surface area contributed by atoms with Crippen LogP contribution in [0.2, 0.25) is 5.02 Å². The van der Waals surface area contributed by atoms with Crippen LogP contribution in [0, 0.1) is 0 Å². The zero-order chi connectivity index (χ0) is 18.9. The highest BCUT2D eigenvalue weighted by Crippen LogP contribution is 2.16. The molecule has 0 aromatic heterocycles. The van der Waals surface area contributed by atoms with Crippen LogP contribution in [0.15, 0.2) is 24.3 Å². The minimum Gasteiger partial charge on any atom is -0.455 e. The first-order valence-electron chi connectivity index (χ1n) is 8.54. The van der Waals surface area contributed by atoms with Crippen molar-refractivity contribution in [3.05, 3.63) is 29.3 Å². The lowest BCUT2D eigenvalue weighted by molar-refractivity contribution is -0.151. The van der Waals surface area contributed by atoms with E-state index < -0.39 is 5.97 Å². The van der Waals surface area contributed by atoms with Gasteiger partial charge in [-0.3, -0.25) is 14.4 Å². The summed E-state index contributed by atoms with van der Waals surface area (Å²) in [6, 6.07) is 6.96. The molecule has 1 aromatic rings. The van der Waals surface area contributed by atoms with E-state index in [1.54, 1.807) is 29.2 Å². The van der Waals surface area contributed by atoms with Crippen molar-refractivity contribution in [2.45, 2.75) is 32.2 Å². The zero-order valence-corrected chi connectivity index (χ0v) is 16.3. The number of halogens is 1. The second-order valence-electron chi connectivity index (χ2n) is 6.14. The monoisotopic (exact) mass is 398 g/mol. The van der Waals surface area contributed by atoms with E-state index in [1.165, 1.54) is 0 Å². The first kappa shape index (κ1) is 20.6. The Kier molecular flexibility index (Phi) is 8.25. The van der Waals surface area contributed by atoms with Crippen LogP contribution in [0.25, 0.3) is 0 Å². The number of anilines is 1. The lowest BCUT2D eigenvalue weighted by Crippen LogP contribution is -2.44. The van der Waals surface area contributed by atoms with Crippen molar-refractivity contribution in [1.29, 1.82) is 0 Å². The summed E-state index contributed by atoms with van der Waals surface area (Å²) in [6.07, 6.45) is 3.10. The number of nitrogens with one attached hydrogen (secondary N) is 1. The van der Waals surface area contributed by atoms with Crippen molar-refractivity contribution < 1.29 is 19.1 Å². The van der Waals surface area contributed by atoms with Crippen LogP contribution in [-0.4, -0.2) is 53.4 Å². The normalized spacial score (nSPS) is 16.8. The van der Waals surface area contributed by atoms with E-state index in [-0.39, 0.29) is 36.0 Å². The maximum absolute atomic E-state index is 12.1. The van der Waals surface area contributed by atoms with E-state index in [2.05, 4.69) is 5.32 Å². The quantitative estimate of drug-likeness (QED) is 0.714. The minimum absolute atomic E-state index is 0.0247. The predicted octanol–water partition coefficient (Wildman–Crippen LogP) is 2.96. The molecule has 1 atom stereocenters. The number of amides is 2. The van der Waals surface area contributed by atoms with Crippen LogP contribution in [-0.2, 0) is 19.1 Å². The summed E-state index contributed by atoms with van der Waals surface area (Å²) in [7, 11) is 0. The maximum atomic E-state index is 12.1. The molecule has 2 amide bonds. The van der Waals surface area contributed by atoms with Crippen LogP contribution in [0.5, 0.6) is 0 Å². The Labute approximate surface area is 162 Å². The molecular weight excluding hydrogens is 376 g/mol. The first-order valence-corrected chi connectivity index (χ1v) is 10.1. The van der Waals surface area contributed by atoms with E-state index in [0.717, 1.165) is 37.6 Å². The van der Waals surface area contributed by atoms with Crippen LogP contribution in [0.3, 0.4) is 0 Å². The Morgan fingerprint density at radius 3 is 2.65 bits per heavy atom. The summed E-state index contributed by atoms with van der Waals surface area (Å²) in [5, 5.41) is 3.30. The number of rotatable bonds is 7. The Hall–Kier alpha value is -1.73. The number of hydrogen-bond donors (Lipinski definition) is 1. The van der Waals surface area contributed by atoms with Gasteiger partial charge in [-0.15, -0.1) is 11.8 Å². The maximum Gasteiger partial charge on any atom is 0.316 e. The summed E-state index contributed by atoms with van der Waals surface area (Å²) < 4.78 is 5.02. The molecule has 0 unspecified atom stereocenters. The molecule has 1 aromatic carbocycles. The second kappa shape index (κ2) is 10.4. The van der Waals surface area contributed by atoms with E-state index >= 15 is 0 Å². The lowest BCUT2D eigenvalue weighted by atomic mass is 10.0. The number of carbonyl (C=O) groups is 3. The van der Waals surface area contributed by atoms with Crippen LogP contribution < -0.4 is 5.32 Å². The summed E-state index contributed by atoms with van der Waals surface area (Å²) in [5.74, 6) is -0.724. The van der Waals surface area contributed by atoms with Gasteiger partial charge < -0.3 is 15.0 Å². The molecule has 1 aliphatic rings. The Morgan fingerprint density at radius 1 is 1.23 bits per heavy atom. The number of hydrogen-bond acceptors (Lipinski definition) is 5. The third-order valence-electron chi connectivity index (χ3n) is 4.06. The number of thioether (sulfide) groups is 1. The summed E-state index contributed by atoms with van der Waals surface area (Å²) in [4.78, 5) is 37.4. The van der Waals surface area contributed by atoms with Crippen molar-refractivity contribution >= 4 is 46.8 Å². The molecular formula is C18H23ClN2O4S. The Bertz CT molecular complexity index is 639. The average molecular weight is 399 g/mol. The van der Waals surface area contributed by atoms with Crippen LogP contribution in [0.4, 0.5) is 5.69 Å². The molecule has 1 fully saturated rings. The van der Waals surface area contributed by atoms with E-state index in [9.17, 15) is 14.4 Å². The third-order valence-corrected chi connectivity index (χ3v) is 5.22. The fraction of sp³-hybridized carbons (Fsp3) is 0.500. The zero-order valence-electron chi connectivity index (χ0n) is 14.7. The molecule has 1 N–H and O–H groups in total. The molecule has 1 aliphatic heterocycles. The Morgan fingerprint density at radius 2 is 1.96 bits per heavy atom. The van der Waals surface area contributed by atoms with Gasteiger partial charge in [0, 0.05) is 23.3 Å². The highest BCUT2D eigenvalue weighted by atomic mass is 35.5. The minimum atomic E-state index is -0.493. The number of carbonyl (C=O) groups excluding carboxylic acids is 3. The van der Waals surface area contributed by atoms with E-state index in [0.29, 0.717) is 10.7 Å². The average Bonchev–Trinajstić information content (AvgIpc) is 2.62. The number of ether oxygens (including phenoxy) is 1. The molecule has 2 rings (SSSR count). The van der Waals surface area contributed by atoms with Gasteiger partial charge in [-0.05, 0) is 50.5 Å². The smallest absolute Gasteiger partial charge is 0.316 e. The fourth-order valence-electron chi connectivity index (χ4n) is 2.69. The number of nitrogens with zero attached hydrogens (tertiary/aromatic N) is 1. The van der Waals surface area contributed by atoms with E-state index in [4.69, 9.17) is 16.3 Å². The third kappa shape index (κ3) is 6.88. The largest absolute Gasteiger partial charge is 0.455 e. The van der Waals surface area contributed by atoms with Crippen molar-refractivity contribution in [2.24, 2.45) is 0 Å². The molecule has 0 aliphatic carbocycles.